The molecule has 10 aromatic carbocycles. The van der Waals surface area contributed by atoms with Gasteiger partial charge in [0.15, 0.2) is 5.82 Å². The van der Waals surface area contributed by atoms with Gasteiger partial charge in [-0.25, -0.2) is 9.97 Å². The highest BCUT2D eigenvalue weighted by Crippen LogP contribution is 2.58. The van der Waals surface area contributed by atoms with Crippen molar-refractivity contribution in [3.63, 3.8) is 0 Å². The van der Waals surface area contributed by atoms with Gasteiger partial charge in [-0.3, -0.25) is 0 Å². The lowest BCUT2D eigenvalue weighted by Crippen LogP contribution is -2.29. The van der Waals surface area contributed by atoms with Crippen molar-refractivity contribution in [2.75, 3.05) is 0 Å². The van der Waals surface area contributed by atoms with Gasteiger partial charge in [-0.2, -0.15) is 0 Å². The molecule has 3 nitrogen and oxygen atoms in total. The number of hydrogen-bond acceptors (Lipinski definition) is 3. The Hall–Kier alpha value is -8.66. The molecule has 0 atom stereocenters. The van der Waals surface area contributed by atoms with Crippen molar-refractivity contribution in [2.45, 2.75) is 5.41 Å². The van der Waals surface area contributed by atoms with Crippen LogP contribution in [0.2, 0.25) is 0 Å². The van der Waals surface area contributed by atoms with Gasteiger partial charge in [-0.15, -0.1) is 0 Å². The van der Waals surface area contributed by atoms with Crippen LogP contribution in [-0.2, 0) is 5.41 Å². The highest BCUT2D eigenvalue weighted by atomic mass is 16.3. The maximum Gasteiger partial charge on any atom is 0.160 e. The second kappa shape index (κ2) is 15.3. The molecular weight excluding hydrogens is 801 g/mol. The number of furan rings is 1. The number of benzene rings is 10. The zero-order chi connectivity index (χ0) is 43.6. The lowest BCUT2D eigenvalue weighted by atomic mass is 9.66. The first kappa shape index (κ1) is 37.9. The van der Waals surface area contributed by atoms with Crippen molar-refractivity contribution in [1.82, 2.24) is 9.97 Å². The monoisotopic (exact) mass is 840 g/mol. The molecule has 12 aromatic rings. The summed E-state index contributed by atoms with van der Waals surface area (Å²) in [5.74, 6) is 0.692. The van der Waals surface area contributed by atoms with Crippen molar-refractivity contribution in [1.29, 1.82) is 0 Å². The fraction of sp³-hybridized carbons (Fsp3) is 0.0159. The lowest BCUT2D eigenvalue weighted by Gasteiger charge is -2.35. The van der Waals surface area contributed by atoms with Crippen molar-refractivity contribution in [2.24, 2.45) is 0 Å². The van der Waals surface area contributed by atoms with E-state index >= 15 is 0 Å². The van der Waals surface area contributed by atoms with Crippen LogP contribution >= 0.6 is 0 Å². The van der Waals surface area contributed by atoms with Crippen molar-refractivity contribution in [3.8, 4) is 67.3 Å². The van der Waals surface area contributed by atoms with Gasteiger partial charge in [0.05, 0.1) is 16.8 Å². The smallest absolute Gasteiger partial charge is 0.160 e. The van der Waals surface area contributed by atoms with Gasteiger partial charge in [-0.05, 0) is 103 Å². The molecule has 0 saturated heterocycles. The highest BCUT2D eigenvalue weighted by Gasteiger charge is 2.47. The third-order valence-corrected chi connectivity index (χ3v) is 13.6. The first-order chi connectivity index (χ1) is 32.7. The van der Waals surface area contributed by atoms with Crippen molar-refractivity contribution < 1.29 is 4.42 Å². The van der Waals surface area contributed by atoms with E-state index < -0.39 is 5.41 Å². The Balaban J connectivity index is 0.904. The first-order valence-corrected chi connectivity index (χ1v) is 22.5. The minimum Gasteiger partial charge on any atom is -0.456 e. The lowest BCUT2D eigenvalue weighted by molar-refractivity contribution is 0.669. The van der Waals surface area contributed by atoms with Gasteiger partial charge >= 0.3 is 0 Å². The third-order valence-electron chi connectivity index (χ3n) is 13.6. The van der Waals surface area contributed by atoms with E-state index in [9.17, 15) is 0 Å². The van der Waals surface area contributed by atoms with Crippen molar-refractivity contribution in [3.05, 3.63) is 265 Å². The number of hydrogen-bond donors (Lipinski definition) is 0. The molecule has 0 N–H and O–H groups in total. The SMILES string of the molecule is c1ccc(-c2nc(-c3ccc(-c4ccc5cc(-c6ccc7oc8ccccc8c7c6)ccc5c4)cc3)cc(-c3cccc4c3C(c3ccccc3)(c3ccccc3)c3ccccc3-4)n2)cc1. The first-order valence-electron chi connectivity index (χ1n) is 22.5. The van der Waals surface area contributed by atoms with Crippen LogP contribution in [0, 0.1) is 0 Å². The Morgan fingerprint density at radius 1 is 0.318 bits per heavy atom. The molecule has 0 fully saturated rings. The van der Waals surface area contributed by atoms with E-state index in [1.54, 1.807) is 0 Å². The minimum absolute atomic E-state index is 0.573. The predicted molar refractivity (Wildman–Crippen MR) is 271 cm³/mol. The molecule has 2 heterocycles. The van der Waals surface area contributed by atoms with Crippen LogP contribution in [0.3, 0.4) is 0 Å². The summed E-state index contributed by atoms with van der Waals surface area (Å²) in [6.07, 6.45) is 0. The number of rotatable bonds is 7. The summed E-state index contributed by atoms with van der Waals surface area (Å²) in [4.78, 5) is 10.7. The predicted octanol–water partition coefficient (Wildman–Crippen LogP) is 16.2. The van der Waals surface area contributed by atoms with E-state index in [1.165, 1.54) is 60.8 Å². The summed E-state index contributed by atoms with van der Waals surface area (Å²) >= 11 is 0. The van der Waals surface area contributed by atoms with Crippen LogP contribution in [-0.4, -0.2) is 9.97 Å². The Morgan fingerprint density at radius 2 is 0.848 bits per heavy atom. The second-order valence-electron chi connectivity index (χ2n) is 17.2. The fourth-order valence-corrected chi connectivity index (χ4v) is 10.5. The van der Waals surface area contributed by atoms with Crippen LogP contribution in [0.1, 0.15) is 22.3 Å². The van der Waals surface area contributed by atoms with Gasteiger partial charge < -0.3 is 4.42 Å². The van der Waals surface area contributed by atoms with E-state index in [-0.39, 0.29) is 0 Å². The molecule has 1 aliphatic carbocycles. The molecule has 308 valence electrons. The van der Waals surface area contributed by atoms with Gasteiger partial charge in [0.2, 0.25) is 0 Å². The molecule has 0 unspecified atom stereocenters. The molecular formula is C63H40N2O. The Kier molecular flexibility index (Phi) is 8.75. The summed E-state index contributed by atoms with van der Waals surface area (Å²) in [5, 5.41) is 4.68. The summed E-state index contributed by atoms with van der Waals surface area (Å²) < 4.78 is 6.10. The van der Waals surface area contributed by atoms with E-state index in [1.807, 2.05) is 18.2 Å². The summed E-state index contributed by atoms with van der Waals surface area (Å²) in [5.41, 5.74) is 18.2. The summed E-state index contributed by atoms with van der Waals surface area (Å²) in [6, 6.07) is 87.1. The average Bonchev–Trinajstić information content (AvgIpc) is 3.93. The van der Waals surface area contributed by atoms with Crippen LogP contribution in [0.5, 0.6) is 0 Å². The largest absolute Gasteiger partial charge is 0.456 e. The number of aromatic nitrogens is 2. The molecule has 13 rings (SSSR count). The fourth-order valence-electron chi connectivity index (χ4n) is 10.5. The standard InChI is InChI=1S/C63H40N2O/c1-4-15-43(16-5-1)62-64-57(40-58(65-62)54-24-14-23-53-51-21-10-12-25-56(51)63(61(53)54,49-17-6-2-7-18-49)50-19-8-3-9-20-50)42-29-27-41(28-30-42)44-31-32-46-38-47(34-33-45(46)37-44)48-35-36-60-55(39-48)52-22-11-13-26-59(52)66-60/h1-40H. The van der Waals surface area contributed by atoms with Gasteiger partial charge in [0, 0.05) is 27.5 Å². The van der Waals surface area contributed by atoms with E-state index in [4.69, 9.17) is 14.4 Å². The maximum atomic E-state index is 6.10. The second-order valence-corrected chi connectivity index (χ2v) is 17.2. The quantitative estimate of drug-likeness (QED) is 0.160. The molecule has 0 amide bonds. The molecule has 0 radical (unpaired) electrons. The normalized spacial score (nSPS) is 12.7. The zero-order valence-corrected chi connectivity index (χ0v) is 35.9. The Labute approximate surface area is 383 Å². The van der Waals surface area contributed by atoms with E-state index in [2.05, 4.69) is 224 Å². The molecule has 1 aliphatic rings. The Morgan fingerprint density at radius 3 is 1.59 bits per heavy atom. The van der Waals surface area contributed by atoms with E-state index in [0.717, 1.165) is 55.6 Å². The van der Waals surface area contributed by atoms with Gasteiger partial charge in [0.1, 0.15) is 11.2 Å². The zero-order valence-electron chi connectivity index (χ0n) is 35.9. The summed E-state index contributed by atoms with van der Waals surface area (Å²) in [6.45, 7) is 0. The van der Waals surface area contributed by atoms with Crippen LogP contribution in [0.4, 0.5) is 0 Å². The van der Waals surface area contributed by atoms with E-state index in [0.29, 0.717) is 5.82 Å². The Bertz CT molecular complexity index is 3760. The summed E-state index contributed by atoms with van der Waals surface area (Å²) in [7, 11) is 0. The molecule has 66 heavy (non-hydrogen) atoms. The minimum atomic E-state index is -0.573. The number of fused-ring (bicyclic) bond motifs is 7. The van der Waals surface area contributed by atoms with Gasteiger partial charge in [-0.1, -0.05) is 206 Å². The molecule has 0 saturated carbocycles. The van der Waals surface area contributed by atoms with Gasteiger partial charge in [0.25, 0.3) is 0 Å². The third kappa shape index (κ3) is 6.05. The number of para-hydroxylation sites is 1. The molecule has 0 bridgehead atoms. The van der Waals surface area contributed by atoms with Crippen LogP contribution in [0.15, 0.2) is 247 Å². The molecule has 3 heteroatoms. The van der Waals surface area contributed by atoms with Crippen molar-refractivity contribution >= 4 is 32.7 Å². The topological polar surface area (TPSA) is 38.9 Å². The molecule has 0 spiro atoms. The van der Waals surface area contributed by atoms with Crippen LogP contribution in [0.25, 0.3) is 100.0 Å². The number of nitrogens with zero attached hydrogens (tertiary/aromatic N) is 2. The molecule has 0 aliphatic heterocycles. The maximum absolute atomic E-state index is 6.10. The highest BCUT2D eigenvalue weighted by molar-refractivity contribution is 6.06. The van der Waals surface area contributed by atoms with Crippen LogP contribution < -0.4 is 0 Å². The molecule has 2 aromatic heterocycles. The average molecular weight is 841 g/mol.